The summed E-state index contributed by atoms with van der Waals surface area (Å²) in [5.41, 5.74) is 1.88. The van der Waals surface area contributed by atoms with Crippen LogP contribution >= 0.6 is 11.3 Å². The number of thiazole rings is 1. The third-order valence-electron chi connectivity index (χ3n) is 3.78. The number of rotatable bonds is 9. The molecule has 3 rings (SSSR count). The maximum absolute atomic E-state index is 11.9. The fraction of sp³-hybridized carbons (Fsp3) is 0.250. The number of nitrogens with zero attached hydrogens (tertiary/aromatic N) is 3. The second-order valence-corrected chi connectivity index (χ2v) is 7.02. The van der Waals surface area contributed by atoms with Crippen molar-refractivity contribution < 1.29 is 9.53 Å². The van der Waals surface area contributed by atoms with E-state index in [2.05, 4.69) is 15.4 Å². The van der Waals surface area contributed by atoms with Gasteiger partial charge in [-0.3, -0.25) is 9.48 Å². The molecule has 0 bridgehead atoms. The zero-order chi connectivity index (χ0) is 18.9. The van der Waals surface area contributed by atoms with Crippen molar-refractivity contribution in [3.63, 3.8) is 0 Å². The zero-order valence-corrected chi connectivity index (χ0v) is 16.0. The molecule has 140 valence electrons. The summed E-state index contributed by atoms with van der Waals surface area (Å²) in [5, 5.41) is 10.0. The maximum atomic E-state index is 11.9. The van der Waals surface area contributed by atoms with Crippen molar-refractivity contribution in [2.75, 3.05) is 6.54 Å². The number of carbonyl (C=O) groups excluding carboxylic acids is 1. The first-order valence-electron chi connectivity index (χ1n) is 8.76. The van der Waals surface area contributed by atoms with Crippen molar-refractivity contribution in [2.45, 2.75) is 26.5 Å². The van der Waals surface area contributed by atoms with Gasteiger partial charge in [-0.25, -0.2) is 4.98 Å². The number of hydrogen-bond acceptors (Lipinski definition) is 5. The molecular weight excluding hydrogens is 360 g/mol. The number of aryl methyl sites for hydroxylation is 2. The van der Waals surface area contributed by atoms with E-state index >= 15 is 0 Å². The molecule has 6 nitrogen and oxygen atoms in total. The van der Waals surface area contributed by atoms with Crippen molar-refractivity contribution in [1.82, 2.24) is 20.1 Å². The van der Waals surface area contributed by atoms with Gasteiger partial charge in [0, 0.05) is 36.9 Å². The van der Waals surface area contributed by atoms with Gasteiger partial charge in [-0.1, -0.05) is 12.1 Å². The molecular formula is C20H22N4O2S. The molecule has 0 aliphatic rings. The molecule has 3 aromatic rings. The summed E-state index contributed by atoms with van der Waals surface area (Å²) in [6, 6.07) is 9.51. The Hall–Kier alpha value is -2.93. The van der Waals surface area contributed by atoms with E-state index in [-0.39, 0.29) is 5.91 Å². The second-order valence-electron chi connectivity index (χ2n) is 5.96. The van der Waals surface area contributed by atoms with Crippen molar-refractivity contribution >= 4 is 23.3 Å². The van der Waals surface area contributed by atoms with E-state index < -0.39 is 0 Å². The van der Waals surface area contributed by atoms with Gasteiger partial charge in [0.15, 0.2) is 0 Å². The number of ether oxygens (including phenoxy) is 1. The molecule has 0 unspecified atom stereocenters. The Morgan fingerprint density at radius 1 is 1.33 bits per heavy atom. The van der Waals surface area contributed by atoms with Crippen LogP contribution in [0.25, 0.3) is 6.08 Å². The third-order valence-corrected chi connectivity index (χ3v) is 4.61. The van der Waals surface area contributed by atoms with E-state index in [1.54, 1.807) is 29.7 Å². The van der Waals surface area contributed by atoms with Gasteiger partial charge in [-0.15, -0.1) is 11.3 Å². The minimum absolute atomic E-state index is 0.102. The first-order valence-corrected chi connectivity index (χ1v) is 9.64. The molecule has 1 aromatic carbocycles. The first kappa shape index (κ1) is 18.8. The van der Waals surface area contributed by atoms with Gasteiger partial charge in [-0.05, 0) is 43.2 Å². The van der Waals surface area contributed by atoms with Crippen LogP contribution in [0.1, 0.15) is 22.7 Å². The number of benzene rings is 1. The summed E-state index contributed by atoms with van der Waals surface area (Å²) in [5.74, 6) is 0.676. The van der Waals surface area contributed by atoms with Crippen LogP contribution in [0, 0.1) is 6.92 Å². The molecule has 0 aliphatic carbocycles. The molecule has 0 spiro atoms. The minimum Gasteiger partial charge on any atom is -0.487 e. The smallest absolute Gasteiger partial charge is 0.244 e. The zero-order valence-electron chi connectivity index (χ0n) is 15.2. The molecule has 1 N–H and O–H groups in total. The summed E-state index contributed by atoms with van der Waals surface area (Å²) < 4.78 is 7.56. The Balaban J connectivity index is 1.38. The van der Waals surface area contributed by atoms with Crippen LogP contribution in [0.15, 0.2) is 54.2 Å². The lowest BCUT2D eigenvalue weighted by molar-refractivity contribution is -0.116. The summed E-state index contributed by atoms with van der Waals surface area (Å²) in [4.78, 5) is 16.2. The highest BCUT2D eigenvalue weighted by Crippen LogP contribution is 2.16. The van der Waals surface area contributed by atoms with E-state index in [1.807, 2.05) is 53.5 Å². The number of amides is 1. The fourth-order valence-electron chi connectivity index (χ4n) is 2.42. The van der Waals surface area contributed by atoms with Gasteiger partial charge >= 0.3 is 0 Å². The van der Waals surface area contributed by atoms with Gasteiger partial charge in [0.2, 0.25) is 5.91 Å². The quantitative estimate of drug-likeness (QED) is 0.455. The predicted molar refractivity (Wildman–Crippen MR) is 107 cm³/mol. The van der Waals surface area contributed by atoms with Crippen LogP contribution in [0.2, 0.25) is 0 Å². The Bertz CT molecular complexity index is 870. The molecule has 2 aromatic heterocycles. The van der Waals surface area contributed by atoms with Gasteiger partial charge in [-0.2, -0.15) is 5.10 Å². The highest BCUT2D eigenvalue weighted by molar-refractivity contribution is 7.09. The molecule has 7 heteroatoms. The third kappa shape index (κ3) is 6.38. The van der Waals surface area contributed by atoms with Crippen LogP contribution in [-0.2, 0) is 17.9 Å². The van der Waals surface area contributed by atoms with Crippen molar-refractivity contribution in [1.29, 1.82) is 0 Å². The standard InChI is InChI=1S/C20H22N4O2S/c1-16-23-18(15-27-16)14-26-19-7-4-17(5-8-19)6-9-20(25)21-10-2-12-24-13-3-11-22-24/h3-9,11,13,15H,2,10,12,14H2,1H3,(H,21,25)/b9-6+. The number of carbonyl (C=O) groups is 1. The monoisotopic (exact) mass is 382 g/mol. The van der Waals surface area contributed by atoms with Gasteiger partial charge in [0.25, 0.3) is 0 Å². The van der Waals surface area contributed by atoms with Crippen LogP contribution in [0.4, 0.5) is 0 Å². The van der Waals surface area contributed by atoms with Crippen LogP contribution in [0.5, 0.6) is 5.75 Å². The summed E-state index contributed by atoms with van der Waals surface area (Å²) in [7, 11) is 0. The minimum atomic E-state index is -0.102. The highest BCUT2D eigenvalue weighted by atomic mass is 32.1. The first-order chi connectivity index (χ1) is 13.2. The van der Waals surface area contributed by atoms with Crippen LogP contribution in [-0.4, -0.2) is 27.2 Å². The summed E-state index contributed by atoms with van der Waals surface area (Å²) >= 11 is 1.62. The van der Waals surface area contributed by atoms with E-state index in [9.17, 15) is 4.79 Å². The lowest BCUT2D eigenvalue weighted by atomic mass is 10.2. The average Bonchev–Trinajstić information content (AvgIpc) is 3.34. The average molecular weight is 382 g/mol. The molecule has 27 heavy (non-hydrogen) atoms. The molecule has 0 radical (unpaired) electrons. The van der Waals surface area contributed by atoms with E-state index in [0.717, 1.165) is 35.0 Å². The fourth-order valence-corrected chi connectivity index (χ4v) is 3.02. The lowest BCUT2D eigenvalue weighted by Crippen LogP contribution is -2.23. The normalized spacial score (nSPS) is 11.0. The largest absolute Gasteiger partial charge is 0.487 e. The SMILES string of the molecule is Cc1nc(COc2ccc(/C=C/C(=O)NCCCn3cccn3)cc2)cs1. The van der Waals surface area contributed by atoms with Gasteiger partial charge in [0.1, 0.15) is 12.4 Å². The molecule has 0 aliphatic heterocycles. The number of aromatic nitrogens is 3. The Morgan fingerprint density at radius 3 is 2.89 bits per heavy atom. The number of hydrogen-bond donors (Lipinski definition) is 1. The van der Waals surface area contributed by atoms with Crippen molar-refractivity contribution in [3.8, 4) is 5.75 Å². The summed E-state index contributed by atoms with van der Waals surface area (Å²) in [6.45, 7) is 3.84. The van der Waals surface area contributed by atoms with E-state index in [1.165, 1.54) is 0 Å². The highest BCUT2D eigenvalue weighted by Gasteiger charge is 2.00. The van der Waals surface area contributed by atoms with Gasteiger partial charge < -0.3 is 10.1 Å². The van der Waals surface area contributed by atoms with Crippen molar-refractivity contribution in [3.05, 3.63) is 70.4 Å². The lowest BCUT2D eigenvalue weighted by Gasteiger charge is -2.04. The predicted octanol–water partition coefficient (Wildman–Crippen LogP) is 3.45. The Kier molecular flexibility index (Phi) is 6.76. The topological polar surface area (TPSA) is 69.0 Å². The maximum Gasteiger partial charge on any atom is 0.244 e. The van der Waals surface area contributed by atoms with Crippen molar-refractivity contribution in [2.24, 2.45) is 0 Å². The van der Waals surface area contributed by atoms with Crippen LogP contribution < -0.4 is 10.1 Å². The Labute approximate surface area is 162 Å². The summed E-state index contributed by atoms with van der Waals surface area (Å²) in [6.07, 6.45) is 7.83. The van der Waals surface area contributed by atoms with E-state index in [4.69, 9.17) is 4.74 Å². The van der Waals surface area contributed by atoms with E-state index in [0.29, 0.717) is 13.2 Å². The molecule has 0 fully saturated rings. The molecule has 0 saturated carbocycles. The Morgan fingerprint density at radius 2 is 2.19 bits per heavy atom. The second kappa shape index (κ2) is 9.68. The van der Waals surface area contributed by atoms with Gasteiger partial charge in [0.05, 0.1) is 10.7 Å². The molecule has 1 amide bonds. The number of nitrogens with one attached hydrogen (secondary N) is 1. The van der Waals surface area contributed by atoms with Crippen LogP contribution in [0.3, 0.4) is 0 Å². The molecule has 2 heterocycles. The molecule has 0 saturated heterocycles. The molecule has 0 atom stereocenters.